The fourth-order valence-corrected chi connectivity index (χ4v) is 4.56. The Morgan fingerprint density at radius 1 is 1.03 bits per heavy atom. The maximum absolute atomic E-state index is 14.3. The molecule has 0 aliphatic carbocycles. The van der Waals surface area contributed by atoms with E-state index in [4.69, 9.17) is 9.47 Å². The first-order chi connectivity index (χ1) is 16.8. The van der Waals surface area contributed by atoms with Gasteiger partial charge in [0, 0.05) is 36.8 Å². The normalized spacial score (nSPS) is 15.4. The second-order valence-electron chi connectivity index (χ2n) is 8.68. The maximum atomic E-state index is 14.3. The average Bonchev–Trinajstić information content (AvgIpc) is 3.42. The average molecular weight is 482 g/mol. The molecule has 0 bridgehead atoms. The summed E-state index contributed by atoms with van der Waals surface area (Å²) >= 11 is 0. The van der Waals surface area contributed by atoms with E-state index in [1.54, 1.807) is 36.9 Å². The first-order valence-electron chi connectivity index (χ1n) is 11.3. The van der Waals surface area contributed by atoms with Crippen LogP contribution in [-0.2, 0) is 4.79 Å². The molecule has 3 heterocycles. The number of anilines is 1. The molecule has 1 fully saturated rings. The topological polar surface area (TPSA) is 85.7 Å². The van der Waals surface area contributed by atoms with Crippen molar-refractivity contribution in [1.29, 1.82) is 0 Å². The van der Waals surface area contributed by atoms with Crippen molar-refractivity contribution in [3.05, 3.63) is 65.0 Å². The molecule has 0 saturated carbocycles. The van der Waals surface area contributed by atoms with Crippen molar-refractivity contribution >= 4 is 17.5 Å². The largest absolute Gasteiger partial charge is 0.454 e. The number of amides is 2. The van der Waals surface area contributed by atoms with E-state index >= 15 is 0 Å². The summed E-state index contributed by atoms with van der Waals surface area (Å²) in [4.78, 5) is 27.8. The van der Waals surface area contributed by atoms with E-state index in [9.17, 15) is 18.4 Å². The number of aromatic nitrogens is 2. The number of piperidine rings is 1. The number of fused-ring (bicyclic) bond motifs is 1. The Morgan fingerprint density at radius 2 is 1.77 bits per heavy atom. The third kappa shape index (κ3) is 4.31. The van der Waals surface area contributed by atoms with Crippen molar-refractivity contribution in [2.45, 2.75) is 26.7 Å². The summed E-state index contributed by atoms with van der Waals surface area (Å²) < 4.78 is 39.6. The quantitative estimate of drug-likeness (QED) is 0.608. The number of hydrogen-bond donors (Lipinski definition) is 1. The van der Waals surface area contributed by atoms with Gasteiger partial charge in [0.15, 0.2) is 17.3 Å². The van der Waals surface area contributed by atoms with E-state index < -0.39 is 11.6 Å². The first kappa shape index (κ1) is 22.8. The zero-order valence-corrected chi connectivity index (χ0v) is 19.3. The smallest absolute Gasteiger partial charge is 0.257 e. The number of ether oxygens (including phenoxy) is 2. The summed E-state index contributed by atoms with van der Waals surface area (Å²) in [5.74, 6) is -0.770. The Labute approximate surface area is 200 Å². The van der Waals surface area contributed by atoms with Crippen molar-refractivity contribution in [3.63, 3.8) is 0 Å². The van der Waals surface area contributed by atoms with Gasteiger partial charge in [0.1, 0.15) is 11.5 Å². The predicted octanol–water partition coefficient (Wildman–Crippen LogP) is 3.99. The van der Waals surface area contributed by atoms with Gasteiger partial charge in [0.2, 0.25) is 12.7 Å². The Kier molecular flexibility index (Phi) is 5.88. The van der Waals surface area contributed by atoms with Gasteiger partial charge < -0.3 is 19.7 Å². The monoisotopic (exact) mass is 482 g/mol. The van der Waals surface area contributed by atoms with E-state index in [1.165, 1.54) is 10.7 Å². The lowest BCUT2D eigenvalue weighted by Gasteiger charge is -2.31. The minimum Gasteiger partial charge on any atom is -0.454 e. The molecular formula is C25H24F2N4O4. The summed E-state index contributed by atoms with van der Waals surface area (Å²) in [5.41, 5.74) is 2.02. The van der Waals surface area contributed by atoms with Gasteiger partial charge in [-0.2, -0.15) is 5.10 Å². The lowest BCUT2D eigenvalue weighted by atomic mass is 9.95. The van der Waals surface area contributed by atoms with E-state index in [0.717, 1.165) is 12.1 Å². The van der Waals surface area contributed by atoms with E-state index in [2.05, 4.69) is 10.4 Å². The van der Waals surface area contributed by atoms with Gasteiger partial charge in [-0.05, 0) is 51.0 Å². The minimum absolute atomic E-state index is 0.0740. The van der Waals surface area contributed by atoms with Crippen molar-refractivity contribution in [2.75, 3.05) is 25.2 Å². The number of nitrogens with one attached hydrogen (secondary N) is 1. The molecule has 1 N–H and O–H groups in total. The molecule has 2 aliphatic rings. The summed E-state index contributed by atoms with van der Waals surface area (Å²) in [5, 5.41) is 7.24. The second kappa shape index (κ2) is 9.01. The number of hydrogen-bond acceptors (Lipinski definition) is 5. The summed E-state index contributed by atoms with van der Waals surface area (Å²) in [6, 6.07) is 8.47. The SMILES string of the molecule is Cc1nn(-c2ccc(F)cc2F)c(C)c1C(=O)N1CCC(C(=O)Nc2ccc3c(c2)OCO3)CC1. The zero-order valence-electron chi connectivity index (χ0n) is 19.3. The van der Waals surface area contributed by atoms with Crippen LogP contribution in [0.15, 0.2) is 36.4 Å². The molecule has 2 aromatic carbocycles. The maximum Gasteiger partial charge on any atom is 0.257 e. The van der Waals surface area contributed by atoms with Crippen LogP contribution in [0.1, 0.15) is 34.6 Å². The van der Waals surface area contributed by atoms with Crippen LogP contribution in [0.5, 0.6) is 11.5 Å². The summed E-state index contributed by atoms with van der Waals surface area (Å²) in [6.07, 6.45) is 1.03. The third-order valence-corrected chi connectivity index (χ3v) is 6.44. The zero-order chi connectivity index (χ0) is 24.7. The van der Waals surface area contributed by atoms with E-state index in [-0.39, 0.29) is 30.2 Å². The van der Waals surface area contributed by atoms with Crippen molar-refractivity contribution in [1.82, 2.24) is 14.7 Å². The van der Waals surface area contributed by atoms with E-state index in [1.807, 2.05) is 0 Å². The van der Waals surface area contributed by atoms with Crippen LogP contribution in [0.3, 0.4) is 0 Å². The first-order valence-corrected chi connectivity index (χ1v) is 11.3. The highest BCUT2D eigenvalue weighted by atomic mass is 19.1. The molecule has 8 nitrogen and oxygen atoms in total. The lowest BCUT2D eigenvalue weighted by Crippen LogP contribution is -2.41. The Morgan fingerprint density at radius 3 is 2.51 bits per heavy atom. The molecular weight excluding hydrogens is 458 g/mol. The van der Waals surface area contributed by atoms with Gasteiger partial charge in [-0.25, -0.2) is 13.5 Å². The van der Waals surface area contributed by atoms with Gasteiger partial charge in [-0.15, -0.1) is 0 Å². The molecule has 35 heavy (non-hydrogen) atoms. The molecule has 182 valence electrons. The molecule has 0 spiro atoms. The van der Waals surface area contributed by atoms with Crippen LogP contribution in [0.2, 0.25) is 0 Å². The van der Waals surface area contributed by atoms with Crippen molar-refractivity contribution in [3.8, 4) is 17.2 Å². The molecule has 5 rings (SSSR count). The van der Waals surface area contributed by atoms with Gasteiger partial charge in [0.25, 0.3) is 5.91 Å². The molecule has 2 amide bonds. The number of carbonyl (C=O) groups excluding carboxylic acids is 2. The van der Waals surface area contributed by atoms with E-state index in [0.29, 0.717) is 60.1 Å². The molecule has 0 atom stereocenters. The fourth-order valence-electron chi connectivity index (χ4n) is 4.56. The van der Waals surface area contributed by atoms with Crippen LogP contribution < -0.4 is 14.8 Å². The number of rotatable bonds is 4. The number of halogens is 2. The molecule has 1 saturated heterocycles. The highest BCUT2D eigenvalue weighted by molar-refractivity contribution is 5.97. The number of benzene rings is 2. The molecule has 1 aromatic heterocycles. The van der Waals surface area contributed by atoms with Crippen LogP contribution in [0.25, 0.3) is 5.69 Å². The fraction of sp³-hybridized carbons (Fsp3) is 0.320. The highest BCUT2D eigenvalue weighted by Crippen LogP contribution is 2.34. The van der Waals surface area contributed by atoms with Gasteiger partial charge in [-0.1, -0.05) is 0 Å². The second-order valence-corrected chi connectivity index (χ2v) is 8.68. The molecule has 3 aromatic rings. The van der Waals surface area contributed by atoms with Crippen LogP contribution in [-0.4, -0.2) is 46.4 Å². The van der Waals surface area contributed by atoms with Gasteiger partial charge >= 0.3 is 0 Å². The summed E-state index contributed by atoms with van der Waals surface area (Å²) in [6.45, 7) is 4.35. The van der Waals surface area contributed by atoms with Gasteiger partial charge in [0.05, 0.1) is 17.0 Å². The Hall–Kier alpha value is -3.95. The lowest BCUT2D eigenvalue weighted by molar-refractivity contribution is -0.121. The number of carbonyl (C=O) groups is 2. The van der Waals surface area contributed by atoms with Gasteiger partial charge in [-0.3, -0.25) is 9.59 Å². The number of nitrogens with zero attached hydrogens (tertiary/aromatic N) is 3. The standard InChI is InChI=1S/C25H24F2N4O4/c1-14-23(15(2)31(29-14)20-5-3-17(26)11-19(20)27)25(33)30-9-7-16(8-10-30)24(32)28-18-4-6-21-22(12-18)35-13-34-21/h3-6,11-12,16H,7-10,13H2,1-2H3,(H,28,32). The highest BCUT2D eigenvalue weighted by Gasteiger charge is 2.31. The molecule has 0 radical (unpaired) electrons. The van der Waals surface area contributed by atoms with Crippen LogP contribution in [0, 0.1) is 31.4 Å². The predicted molar refractivity (Wildman–Crippen MR) is 123 cm³/mol. The third-order valence-electron chi connectivity index (χ3n) is 6.44. The van der Waals surface area contributed by atoms with Crippen LogP contribution in [0.4, 0.5) is 14.5 Å². The molecule has 2 aliphatic heterocycles. The Bertz CT molecular complexity index is 1320. The van der Waals surface area contributed by atoms with Crippen molar-refractivity contribution < 1.29 is 27.8 Å². The summed E-state index contributed by atoms with van der Waals surface area (Å²) in [7, 11) is 0. The number of likely N-dealkylation sites (tertiary alicyclic amines) is 1. The van der Waals surface area contributed by atoms with Crippen molar-refractivity contribution in [2.24, 2.45) is 5.92 Å². The van der Waals surface area contributed by atoms with Crippen LogP contribution >= 0.6 is 0 Å². The molecule has 10 heteroatoms. The Balaban J connectivity index is 1.24. The number of aryl methyl sites for hydroxylation is 1. The molecule has 0 unspecified atom stereocenters. The minimum atomic E-state index is -0.760.